The van der Waals surface area contributed by atoms with Crippen LogP contribution >= 0.6 is 15.9 Å². The Morgan fingerprint density at radius 2 is 1.27 bits per heavy atom. The number of benzene rings is 1. The van der Waals surface area contributed by atoms with Crippen molar-refractivity contribution in [3.63, 3.8) is 0 Å². The highest BCUT2D eigenvalue weighted by molar-refractivity contribution is 9.10. The third kappa shape index (κ3) is 5.91. The van der Waals surface area contributed by atoms with E-state index in [1.54, 1.807) is 0 Å². The van der Waals surface area contributed by atoms with E-state index in [2.05, 4.69) is 35.0 Å². The molecule has 4 heteroatoms. The van der Waals surface area contributed by atoms with Crippen LogP contribution in [0.15, 0.2) is 28.7 Å². The lowest BCUT2D eigenvalue weighted by Gasteiger charge is -1.88. The van der Waals surface area contributed by atoms with Crippen molar-refractivity contribution in [1.29, 1.82) is 0 Å². The van der Waals surface area contributed by atoms with Crippen LogP contribution in [0.2, 0.25) is 0 Å². The van der Waals surface area contributed by atoms with E-state index >= 15 is 0 Å². The molecule has 0 nitrogen and oxygen atoms in total. The zero-order valence-electron chi connectivity index (χ0n) is 5.91. The van der Waals surface area contributed by atoms with E-state index in [0.29, 0.717) is 0 Å². The first-order chi connectivity index (χ1) is 3.79. The first-order valence-corrected chi connectivity index (χ1v) is 3.30. The molecule has 0 saturated heterocycles. The van der Waals surface area contributed by atoms with Crippen molar-refractivity contribution in [2.45, 2.75) is 6.92 Å². The Morgan fingerprint density at radius 1 is 0.909 bits per heavy atom. The van der Waals surface area contributed by atoms with E-state index in [9.17, 15) is 0 Å². The van der Waals surface area contributed by atoms with Crippen LogP contribution in [0.5, 0.6) is 0 Å². The summed E-state index contributed by atoms with van der Waals surface area (Å²) in [5, 5.41) is 0. The Balaban J connectivity index is -0.000000213. The average molecular weight is 231 g/mol. The van der Waals surface area contributed by atoms with Gasteiger partial charge in [0.15, 0.2) is 0 Å². The van der Waals surface area contributed by atoms with E-state index in [1.807, 2.05) is 12.1 Å². The molecule has 0 N–H and O–H groups in total. The third-order valence-electron chi connectivity index (χ3n) is 1.01. The number of rotatable bonds is 0. The Kier molecular flexibility index (Phi) is 11.6. The molecule has 66 valence electrons. The van der Waals surface area contributed by atoms with Crippen molar-refractivity contribution in [2.24, 2.45) is 0 Å². The van der Waals surface area contributed by atoms with Gasteiger partial charge in [-0.25, -0.2) is 0 Å². The van der Waals surface area contributed by atoms with Gasteiger partial charge in [-0.05, 0) is 19.1 Å². The maximum Gasteiger partial charge on any atom is 0.0175 e. The molecule has 0 aliphatic carbocycles. The highest BCUT2D eigenvalue weighted by Crippen LogP contribution is 2.08. The van der Waals surface area contributed by atoms with Crippen molar-refractivity contribution >= 4 is 15.9 Å². The molecule has 1 aromatic carbocycles. The molecule has 0 aliphatic rings. The lowest BCUT2D eigenvalue weighted by Crippen LogP contribution is -1.66. The number of hydrogen-bond donors (Lipinski definition) is 0. The average Bonchev–Trinajstić information content (AvgIpc) is 1.77. The quantitative estimate of drug-likeness (QED) is 0.643. The molecule has 0 bridgehead atoms. The minimum absolute atomic E-state index is 0. The van der Waals surface area contributed by atoms with Crippen molar-refractivity contribution in [2.75, 3.05) is 0 Å². The lowest BCUT2D eigenvalue weighted by atomic mass is 10.2. The van der Waals surface area contributed by atoms with Gasteiger partial charge in [0.05, 0.1) is 0 Å². The molecule has 0 saturated carbocycles. The Bertz CT molecular complexity index is 153. The summed E-state index contributed by atoms with van der Waals surface area (Å²) in [6, 6.07) is 8.22. The first kappa shape index (κ1) is 16.8. The summed E-state index contributed by atoms with van der Waals surface area (Å²) in [6.45, 7) is 2.08. The number of aryl methyl sites for hydroxylation is 1. The minimum Gasteiger partial charge on any atom is -0.269 e. The van der Waals surface area contributed by atoms with Gasteiger partial charge in [-0.15, -0.1) is 0 Å². The van der Waals surface area contributed by atoms with E-state index < -0.39 is 0 Å². The van der Waals surface area contributed by atoms with E-state index in [1.165, 1.54) is 5.56 Å². The fourth-order valence-corrected chi connectivity index (χ4v) is 0.798. The van der Waals surface area contributed by atoms with E-state index in [4.69, 9.17) is 0 Å². The predicted octanol–water partition coefficient (Wildman–Crippen LogP) is 3.22. The topological polar surface area (TPSA) is 0 Å². The largest absolute Gasteiger partial charge is 0.269 e. The zero-order valence-corrected chi connectivity index (χ0v) is 7.50. The summed E-state index contributed by atoms with van der Waals surface area (Å²) in [4.78, 5) is 0. The van der Waals surface area contributed by atoms with Crippen molar-refractivity contribution in [1.82, 2.24) is 0 Å². The SMILES string of the molecule is Cc1ccc(Br)cc1.F.F.F. The second kappa shape index (κ2) is 7.60. The molecule has 0 radical (unpaired) electrons. The molecule has 0 aromatic heterocycles. The fraction of sp³-hybridized carbons (Fsp3) is 0.143. The van der Waals surface area contributed by atoms with Gasteiger partial charge in [0, 0.05) is 4.47 Å². The Hall–Kier alpha value is -0.510. The Morgan fingerprint density at radius 3 is 1.55 bits per heavy atom. The van der Waals surface area contributed by atoms with Crippen LogP contribution < -0.4 is 0 Å². The molecule has 0 fully saturated rings. The number of hydrogen-bond acceptors (Lipinski definition) is 0. The van der Waals surface area contributed by atoms with Crippen molar-refractivity contribution in [3.05, 3.63) is 34.3 Å². The summed E-state index contributed by atoms with van der Waals surface area (Å²) in [6.07, 6.45) is 0. The highest BCUT2D eigenvalue weighted by atomic mass is 79.9. The smallest absolute Gasteiger partial charge is 0.0175 e. The molecular formula is C7H10BrF3. The van der Waals surface area contributed by atoms with Crippen LogP contribution in [-0.2, 0) is 0 Å². The molecular weight excluding hydrogens is 221 g/mol. The van der Waals surface area contributed by atoms with Gasteiger partial charge >= 0.3 is 0 Å². The van der Waals surface area contributed by atoms with Gasteiger partial charge in [-0.3, -0.25) is 14.1 Å². The summed E-state index contributed by atoms with van der Waals surface area (Å²) in [5.74, 6) is 0. The monoisotopic (exact) mass is 230 g/mol. The van der Waals surface area contributed by atoms with Crippen molar-refractivity contribution in [3.8, 4) is 0 Å². The summed E-state index contributed by atoms with van der Waals surface area (Å²) in [5.41, 5.74) is 1.30. The van der Waals surface area contributed by atoms with Crippen LogP contribution in [0.25, 0.3) is 0 Å². The van der Waals surface area contributed by atoms with Gasteiger partial charge in [-0.1, -0.05) is 33.6 Å². The van der Waals surface area contributed by atoms with Crippen LogP contribution in [0.1, 0.15) is 5.56 Å². The minimum atomic E-state index is 0. The summed E-state index contributed by atoms with van der Waals surface area (Å²) >= 11 is 3.35. The maximum atomic E-state index is 3.35. The predicted molar refractivity (Wildman–Crippen MR) is 46.4 cm³/mol. The molecule has 1 aromatic rings. The molecule has 0 heterocycles. The molecule has 0 aliphatic heterocycles. The van der Waals surface area contributed by atoms with Crippen molar-refractivity contribution < 1.29 is 14.1 Å². The van der Waals surface area contributed by atoms with Gasteiger partial charge in [0.25, 0.3) is 0 Å². The van der Waals surface area contributed by atoms with Crippen LogP contribution in [0.3, 0.4) is 0 Å². The molecule has 1 rings (SSSR count). The molecule has 0 atom stereocenters. The summed E-state index contributed by atoms with van der Waals surface area (Å²) < 4.78 is 1.14. The van der Waals surface area contributed by atoms with Gasteiger partial charge in [0.1, 0.15) is 0 Å². The second-order valence-corrected chi connectivity index (χ2v) is 2.71. The summed E-state index contributed by atoms with van der Waals surface area (Å²) in [7, 11) is 0. The lowest BCUT2D eigenvalue weighted by molar-refractivity contribution is 1.11. The molecule has 11 heavy (non-hydrogen) atoms. The Labute approximate surface area is 71.8 Å². The standard InChI is InChI=1S/C7H7Br.3FH/c1-6-2-4-7(8)5-3-6;;;/h2-5H,1H3;3*1H. The second-order valence-electron chi connectivity index (χ2n) is 1.80. The molecule has 0 amide bonds. The number of halogens is 4. The third-order valence-corrected chi connectivity index (χ3v) is 1.54. The maximum absolute atomic E-state index is 3.35. The van der Waals surface area contributed by atoms with Crippen LogP contribution in [-0.4, -0.2) is 0 Å². The normalized spacial score (nSPS) is 6.73. The van der Waals surface area contributed by atoms with Gasteiger partial charge in [-0.2, -0.15) is 0 Å². The van der Waals surface area contributed by atoms with E-state index in [0.717, 1.165) is 4.47 Å². The van der Waals surface area contributed by atoms with Gasteiger partial charge < -0.3 is 0 Å². The zero-order chi connectivity index (χ0) is 5.98. The highest BCUT2D eigenvalue weighted by Gasteiger charge is 1.81. The van der Waals surface area contributed by atoms with E-state index in [-0.39, 0.29) is 14.1 Å². The van der Waals surface area contributed by atoms with Gasteiger partial charge in [0.2, 0.25) is 0 Å². The van der Waals surface area contributed by atoms with Crippen LogP contribution in [0.4, 0.5) is 14.1 Å². The fourth-order valence-electron chi connectivity index (χ4n) is 0.533. The van der Waals surface area contributed by atoms with Crippen LogP contribution in [0, 0.1) is 6.92 Å². The first-order valence-electron chi connectivity index (χ1n) is 2.51. The molecule has 0 spiro atoms. The molecule has 0 unspecified atom stereocenters.